The predicted molar refractivity (Wildman–Crippen MR) is 69.9 cm³/mol. The minimum Gasteiger partial charge on any atom is -0.477 e. The Morgan fingerprint density at radius 1 is 1.50 bits per heavy atom. The Hall–Kier alpha value is -1.36. The Kier molecular flexibility index (Phi) is 3.71. The highest BCUT2D eigenvalue weighted by atomic mass is 32.1. The summed E-state index contributed by atoms with van der Waals surface area (Å²) < 4.78 is 0. The first-order valence-electron chi connectivity index (χ1n) is 6.10. The number of carboxylic acids is 1. The fourth-order valence-corrected chi connectivity index (χ4v) is 3.13. The number of nitrogens with zero attached hydrogens (tertiary/aromatic N) is 1. The molecule has 1 aromatic rings. The third-order valence-corrected chi connectivity index (χ3v) is 4.24. The van der Waals surface area contributed by atoms with Crippen LogP contribution < -0.4 is 0 Å². The molecule has 2 rings (SSSR count). The van der Waals surface area contributed by atoms with Gasteiger partial charge in [0.05, 0.1) is 0 Å². The van der Waals surface area contributed by atoms with Crippen molar-refractivity contribution in [2.45, 2.75) is 33.2 Å². The Morgan fingerprint density at radius 3 is 2.83 bits per heavy atom. The molecule has 0 aliphatic carbocycles. The first kappa shape index (κ1) is 13.1. The zero-order valence-corrected chi connectivity index (χ0v) is 11.4. The smallest absolute Gasteiger partial charge is 0.345 e. The number of carbonyl (C=O) groups is 2. The Labute approximate surface area is 110 Å². The largest absolute Gasteiger partial charge is 0.477 e. The average Bonchev–Trinajstić information content (AvgIpc) is 2.70. The van der Waals surface area contributed by atoms with E-state index in [9.17, 15) is 9.59 Å². The first-order valence-corrected chi connectivity index (χ1v) is 6.91. The van der Waals surface area contributed by atoms with E-state index in [1.54, 1.807) is 6.07 Å². The van der Waals surface area contributed by atoms with E-state index >= 15 is 0 Å². The van der Waals surface area contributed by atoms with E-state index in [1.165, 1.54) is 11.3 Å². The number of thiophene rings is 1. The molecule has 0 unspecified atom stereocenters. The number of hydrogen-bond acceptors (Lipinski definition) is 3. The summed E-state index contributed by atoms with van der Waals surface area (Å²) in [4.78, 5) is 26.2. The van der Waals surface area contributed by atoms with Gasteiger partial charge in [0, 0.05) is 24.4 Å². The van der Waals surface area contributed by atoms with E-state index in [0.29, 0.717) is 30.3 Å². The van der Waals surface area contributed by atoms with E-state index in [0.717, 1.165) is 16.9 Å². The van der Waals surface area contributed by atoms with Gasteiger partial charge in [-0.25, -0.2) is 4.79 Å². The van der Waals surface area contributed by atoms with Gasteiger partial charge in [-0.05, 0) is 24.0 Å². The van der Waals surface area contributed by atoms with Crippen molar-refractivity contribution < 1.29 is 14.7 Å². The zero-order chi connectivity index (χ0) is 13.3. The molecule has 0 spiro atoms. The van der Waals surface area contributed by atoms with Crippen LogP contribution in [0, 0.1) is 5.92 Å². The van der Waals surface area contributed by atoms with E-state index in [4.69, 9.17) is 5.11 Å². The number of amides is 1. The normalized spacial score (nSPS) is 14.7. The molecule has 5 heteroatoms. The summed E-state index contributed by atoms with van der Waals surface area (Å²) in [7, 11) is 0. The van der Waals surface area contributed by atoms with Gasteiger partial charge in [-0.15, -0.1) is 11.3 Å². The molecule has 0 bridgehead atoms. The third kappa shape index (κ3) is 2.72. The highest BCUT2D eigenvalue weighted by molar-refractivity contribution is 7.14. The van der Waals surface area contributed by atoms with Crippen LogP contribution in [0.4, 0.5) is 0 Å². The van der Waals surface area contributed by atoms with E-state index in [2.05, 4.69) is 0 Å². The fraction of sp³-hybridized carbons (Fsp3) is 0.538. The van der Waals surface area contributed by atoms with E-state index in [1.807, 2.05) is 18.7 Å². The zero-order valence-electron chi connectivity index (χ0n) is 10.6. The van der Waals surface area contributed by atoms with Crippen molar-refractivity contribution in [1.82, 2.24) is 4.90 Å². The van der Waals surface area contributed by atoms with Crippen LogP contribution in [0.5, 0.6) is 0 Å². The van der Waals surface area contributed by atoms with Gasteiger partial charge in [-0.1, -0.05) is 13.8 Å². The molecule has 0 atom stereocenters. The quantitative estimate of drug-likeness (QED) is 0.914. The van der Waals surface area contributed by atoms with Gasteiger partial charge >= 0.3 is 5.97 Å². The number of carbonyl (C=O) groups excluding carboxylic acids is 1. The maximum atomic E-state index is 12.0. The Balaban J connectivity index is 2.10. The second kappa shape index (κ2) is 5.10. The highest BCUT2D eigenvalue weighted by Crippen LogP contribution is 2.28. The van der Waals surface area contributed by atoms with Crippen LogP contribution in [0.15, 0.2) is 6.07 Å². The first-order chi connectivity index (χ1) is 8.47. The number of rotatable bonds is 3. The van der Waals surface area contributed by atoms with Crippen LogP contribution in [-0.4, -0.2) is 28.4 Å². The fourth-order valence-electron chi connectivity index (χ4n) is 2.13. The third-order valence-electron chi connectivity index (χ3n) is 3.01. The lowest BCUT2D eigenvalue weighted by molar-refractivity contribution is -0.132. The topological polar surface area (TPSA) is 57.6 Å². The van der Waals surface area contributed by atoms with Gasteiger partial charge in [0.25, 0.3) is 0 Å². The van der Waals surface area contributed by atoms with Crippen LogP contribution in [0.2, 0.25) is 0 Å². The maximum Gasteiger partial charge on any atom is 0.345 e. The minimum atomic E-state index is -0.880. The number of hydrogen-bond donors (Lipinski definition) is 1. The summed E-state index contributed by atoms with van der Waals surface area (Å²) in [5, 5.41) is 8.96. The molecular weight excluding hydrogens is 250 g/mol. The van der Waals surface area contributed by atoms with Crippen LogP contribution in [0.25, 0.3) is 0 Å². The van der Waals surface area contributed by atoms with Gasteiger partial charge < -0.3 is 10.0 Å². The molecule has 0 fully saturated rings. The van der Waals surface area contributed by atoms with Gasteiger partial charge in [0.1, 0.15) is 4.88 Å². The van der Waals surface area contributed by atoms with E-state index < -0.39 is 5.97 Å². The van der Waals surface area contributed by atoms with Crippen LogP contribution >= 0.6 is 11.3 Å². The highest BCUT2D eigenvalue weighted by Gasteiger charge is 2.24. The van der Waals surface area contributed by atoms with Crippen LogP contribution in [0.1, 0.15) is 40.4 Å². The monoisotopic (exact) mass is 267 g/mol. The molecule has 0 saturated carbocycles. The summed E-state index contributed by atoms with van der Waals surface area (Å²) in [5.74, 6) is -0.357. The van der Waals surface area contributed by atoms with Crippen molar-refractivity contribution >= 4 is 23.2 Å². The van der Waals surface area contributed by atoms with E-state index in [-0.39, 0.29) is 5.91 Å². The van der Waals surface area contributed by atoms with Gasteiger partial charge in [-0.3, -0.25) is 4.79 Å². The molecule has 0 saturated heterocycles. The summed E-state index contributed by atoms with van der Waals surface area (Å²) in [5.41, 5.74) is 1.00. The van der Waals surface area contributed by atoms with Crippen molar-refractivity contribution in [3.8, 4) is 0 Å². The second-order valence-electron chi connectivity index (χ2n) is 5.03. The van der Waals surface area contributed by atoms with Crippen molar-refractivity contribution in [2.75, 3.05) is 6.54 Å². The molecular formula is C13H17NO3S. The maximum absolute atomic E-state index is 12.0. The summed E-state index contributed by atoms with van der Waals surface area (Å²) >= 11 is 1.33. The standard InChI is InChI=1S/C13H17NO3S/c1-8(2)5-12(15)14-4-3-10-9(7-14)6-11(18-10)13(16)17/h6,8H,3-5,7H2,1-2H3,(H,16,17). The lowest BCUT2D eigenvalue weighted by Crippen LogP contribution is -2.35. The molecule has 1 N–H and O–H groups in total. The molecule has 18 heavy (non-hydrogen) atoms. The lowest BCUT2D eigenvalue weighted by atomic mass is 10.1. The van der Waals surface area contributed by atoms with Gasteiger partial charge in [0.15, 0.2) is 0 Å². The summed E-state index contributed by atoms with van der Waals surface area (Å²) in [6, 6.07) is 1.71. The van der Waals surface area contributed by atoms with Crippen molar-refractivity contribution in [3.05, 3.63) is 21.4 Å². The number of aromatic carboxylic acids is 1. The lowest BCUT2D eigenvalue weighted by Gasteiger charge is -2.27. The molecule has 0 radical (unpaired) electrons. The van der Waals surface area contributed by atoms with Crippen LogP contribution in [-0.2, 0) is 17.8 Å². The van der Waals surface area contributed by atoms with Crippen molar-refractivity contribution in [2.24, 2.45) is 5.92 Å². The predicted octanol–water partition coefficient (Wildman–Crippen LogP) is 2.38. The molecule has 2 heterocycles. The molecule has 4 nitrogen and oxygen atoms in total. The SMILES string of the molecule is CC(C)CC(=O)N1CCc2sc(C(=O)O)cc2C1. The van der Waals surface area contributed by atoms with Crippen molar-refractivity contribution in [1.29, 1.82) is 0 Å². The summed E-state index contributed by atoms with van der Waals surface area (Å²) in [6.07, 6.45) is 1.34. The molecule has 1 aliphatic heterocycles. The van der Waals surface area contributed by atoms with Gasteiger partial charge in [0.2, 0.25) is 5.91 Å². The van der Waals surface area contributed by atoms with Crippen LogP contribution in [0.3, 0.4) is 0 Å². The number of carboxylic acid groups (broad SMARTS) is 1. The molecule has 1 aliphatic rings. The Morgan fingerprint density at radius 2 is 2.22 bits per heavy atom. The second-order valence-corrected chi connectivity index (χ2v) is 6.16. The number of fused-ring (bicyclic) bond motifs is 1. The van der Waals surface area contributed by atoms with Gasteiger partial charge in [-0.2, -0.15) is 0 Å². The van der Waals surface area contributed by atoms with Crippen molar-refractivity contribution in [3.63, 3.8) is 0 Å². The Bertz CT molecular complexity index is 479. The average molecular weight is 267 g/mol. The molecule has 1 aromatic heterocycles. The minimum absolute atomic E-state index is 0.165. The molecule has 98 valence electrons. The molecule has 1 amide bonds. The molecule has 0 aromatic carbocycles. The summed E-state index contributed by atoms with van der Waals surface area (Å²) in [6.45, 7) is 5.32.